The molecule has 4 N–H and O–H groups in total. The number of rotatable bonds is 0. The van der Waals surface area contributed by atoms with Crippen LogP contribution in [0.25, 0.3) is 0 Å². The van der Waals surface area contributed by atoms with Gasteiger partial charge in [-0.3, -0.25) is 0 Å². The predicted molar refractivity (Wildman–Crippen MR) is 22.2 cm³/mol. The van der Waals surface area contributed by atoms with E-state index < -0.39 is 0 Å². The maximum Gasteiger partial charge on any atom is -0.369 e. The van der Waals surface area contributed by atoms with Gasteiger partial charge in [0.15, 0.2) is 0 Å². The second kappa shape index (κ2) is 17.5. The van der Waals surface area contributed by atoms with E-state index in [4.69, 9.17) is 0 Å². The van der Waals surface area contributed by atoms with Gasteiger partial charge in [0.2, 0.25) is 0 Å². The van der Waals surface area contributed by atoms with Crippen molar-refractivity contribution in [3.8, 4) is 0 Å². The molecule has 1 nitrogen and oxygen atoms in total. The molecule has 0 aliphatic heterocycles. The third kappa shape index (κ3) is 28.2. The molecule has 0 unspecified atom stereocenters. The second-order valence-electron chi connectivity index (χ2n) is 0.354. The molecule has 0 aromatic carbocycles. The van der Waals surface area contributed by atoms with E-state index in [-0.39, 0.29) is 30.1 Å². The zero-order valence-corrected chi connectivity index (χ0v) is 9.63. The van der Waals surface area contributed by atoms with Gasteiger partial charge in [-0.2, -0.15) is 0 Å². The van der Waals surface area contributed by atoms with Crippen LogP contribution in [-0.4, -0.2) is 25.8 Å². The van der Waals surface area contributed by atoms with Crippen molar-refractivity contribution in [3.05, 3.63) is 0 Å². The van der Waals surface area contributed by atoms with Gasteiger partial charge >= 0.3 is 36.7 Å². The minimum absolute atomic E-state index is 0. The molecule has 5 heavy (non-hydrogen) atoms. The summed E-state index contributed by atoms with van der Waals surface area (Å²) in [6.45, 7) is 2.19. The van der Waals surface area contributed by atoms with Crippen LogP contribution in [0.15, 0.2) is 0 Å². The molecule has 0 rings (SSSR count). The summed E-state index contributed by atoms with van der Waals surface area (Å²) < 4.78 is 1.39. The third-order valence-electron chi connectivity index (χ3n) is 0. The molecule has 0 heterocycles. The van der Waals surface area contributed by atoms with Gasteiger partial charge in [-0.15, -0.1) is 0 Å². The van der Waals surface area contributed by atoms with Crippen molar-refractivity contribution in [3.63, 3.8) is 0 Å². The Hall–Kier alpha value is 1.61. The van der Waals surface area contributed by atoms with Gasteiger partial charge in [0.1, 0.15) is 0 Å². The van der Waals surface area contributed by atoms with Gasteiger partial charge in [-0.1, -0.05) is 0 Å². The van der Waals surface area contributed by atoms with Crippen molar-refractivity contribution in [1.29, 1.82) is 0 Å². The first-order valence-corrected chi connectivity index (χ1v) is 3.81. The first kappa shape index (κ1) is 16.0. The Morgan fingerprint density at radius 2 is 1.60 bits per heavy atom. The van der Waals surface area contributed by atoms with Gasteiger partial charge in [-0.05, 0) is 0 Å². The van der Waals surface area contributed by atoms with Crippen LogP contribution in [0.2, 0.25) is 3.98 Å². The van der Waals surface area contributed by atoms with E-state index in [2.05, 4.69) is 6.92 Å². The van der Waals surface area contributed by atoms with Crippen molar-refractivity contribution in [2.75, 3.05) is 0 Å². The summed E-state index contributed by atoms with van der Waals surface area (Å²) in [6, 6.07) is 0. The Balaban J connectivity index is -0.0000000200. The summed E-state index contributed by atoms with van der Waals surface area (Å²) in [5.41, 5.74) is 0. The minimum Gasteiger partial charge on any atom is -1.00 e. The summed E-state index contributed by atoms with van der Waals surface area (Å²) >= 11 is 1.37. The number of hydrogen-bond acceptors (Lipinski definition) is 0. The molecule has 0 saturated carbocycles. The first-order chi connectivity index (χ1) is 1.41. The van der Waals surface area contributed by atoms with E-state index >= 15 is 0 Å². The van der Waals surface area contributed by atoms with E-state index in [1.807, 2.05) is 0 Å². The first-order valence-electron chi connectivity index (χ1n) is 1.06. The van der Waals surface area contributed by atoms with Crippen LogP contribution >= 0.6 is 0 Å². The predicted octanol–water partition coefficient (Wildman–Crippen LogP) is -2.03. The van der Waals surface area contributed by atoms with Crippen LogP contribution in [0, 0.1) is 0 Å². The SMILES string of the molecule is C[CH2][Pb].[I-].[NH4+]. The van der Waals surface area contributed by atoms with E-state index in [0.29, 0.717) is 0 Å². The van der Waals surface area contributed by atoms with Crippen LogP contribution in [0.3, 0.4) is 0 Å². The van der Waals surface area contributed by atoms with Crippen LogP contribution in [0.1, 0.15) is 6.92 Å². The molecule has 0 spiro atoms. The average molecular weight is 381 g/mol. The van der Waals surface area contributed by atoms with Crippen molar-refractivity contribution < 1.29 is 24.0 Å². The fraction of sp³-hybridized carbons (Fsp3) is 1.00. The van der Waals surface area contributed by atoms with E-state index in [1.165, 1.54) is 29.7 Å². The molecule has 0 bridgehead atoms. The summed E-state index contributed by atoms with van der Waals surface area (Å²) in [5.74, 6) is 0. The standard InChI is InChI=1S/C2H5.HI.H3N.Pb/c1-2;;;/h1H2,2H3;1H;1H3;. The van der Waals surface area contributed by atoms with Gasteiger partial charge in [-0.25, -0.2) is 0 Å². The Morgan fingerprint density at radius 1 is 1.60 bits per heavy atom. The smallest absolute Gasteiger partial charge is 0.369 e. The van der Waals surface area contributed by atoms with Gasteiger partial charge < -0.3 is 30.1 Å². The van der Waals surface area contributed by atoms with E-state index in [1.54, 1.807) is 0 Å². The van der Waals surface area contributed by atoms with Gasteiger partial charge in [0, 0.05) is 0 Å². The summed E-state index contributed by atoms with van der Waals surface area (Å²) in [6.07, 6.45) is 0. The summed E-state index contributed by atoms with van der Waals surface area (Å²) in [7, 11) is 0. The second-order valence-corrected chi connectivity index (χ2v) is 3.10. The van der Waals surface area contributed by atoms with Crippen molar-refractivity contribution in [2.45, 2.75) is 10.9 Å². The van der Waals surface area contributed by atoms with Gasteiger partial charge in [0.25, 0.3) is 0 Å². The van der Waals surface area contributed by atoms with Crippen molar-refractivity contribution in [1.82, 2.24) is 6.15 Å². The maximum atomic E-state index is 2.19. The summed E-state index contributed by atoms with van der Waals surface area (Å²) in [4.78, 5) is 0. The zero-order valence-electron chi connectivity index (χ0n) is 3.59. The fourth-order valence-corrected chi connectivity index (χ4v) is 0. The van der Waals surface area contributed by atoms with Gasteiger partial charge in [0.05, 0.1) is 0 Å². The Kier molecular flexibility index (Phi) is 55.9. The molecule has 3 heteroatoms. The van der Waals surface area contributed by atoms with Crippen molar-refractivity contribution in [2.24, 2.45) is 0 Å². The molecule has 0 aliphatic carbocycles. The minimum atomic E-state index is 0. The Bertz CT molecular complexity index is 9.61. The average Bonchev–Trinajstić information content (AvgIpc) is 0.918. The maximum absolute atomic E-state index is 2.19. The number of hydrogen-bond donors (Lipinski definition) is 1. The van der Waals surface area contributed by atoms with Crippen molar-refractivity contribution >= 4 is 25.8 Å². The molecule has 33 valence electrons. The zero-order chi connectivity index (χ0) is 2.71. The Labute approximate surface area is 66.2 Å². The number of halogens is 1. The van der Waals surface area contributed by atoms with Crippen LogP contribution in [0.4, 0.5) is 0 Å². The molecule has 0 aromatic heterocycles. The molecule has 0 amide bonds. The van der Waals surface area contributed by atoms with E-state index in [0.717, 1.165) is 0 Å². The Morgan fingerprint density at radius 3 is 1.60 bits per heavy atom. The van der Waals surface area contributed by atoms with E-state index in [9.17, 15) is 0 Å². The molecule has 0 aromatic rings. The molecule has 0 atom stereocenters. The molecular formula is C2H9INPb. The topological polar surface area (TPSA) is 36.5 Å². The molecule has 3 radical (unpaired) electrons. The largest absolute Gasteiger partial charge is 1.00 e. The summed E-state index contributed by atoms with van der Waals surface area (Å²) in [5, 5.41) is 0. The molecule has 0 saturated heterocycles. The normalized spacial score (nSPS) is 3.60. The fourth-order valence-electron chi connectivity index (χ4n) is 0. The monoisotopic (exact) mass is 382 g/mol. The molecular weight excluding hydrogens is 372 g/mol. The number of quaternary nitrogens is 1. The van der Waals surface area contributed by atoms with Crippen LogP contribution in [-0.2, 0) is 0 Å². The third-order valence-corrected chi connectivity index (χ3v) is 0. The quantitative estimate of drug-likeness (QED) is 0.372. The molecule has 0 fully saturated rings. The van der Waals surface area contributed by atoms with Crippen LogP contribution < -0.4 is 30.1 Å². The molecule has 0 aliphatic rings. The van der Waals surface area contributed by atoms with Crippen LogP contribution in [0.5, 0.6) is 0 Å².